The van der Waals surface area contributed by atoms with E-state index < -0.39 is 0 Å². The zero-order valence-corrected chi connectivity index (χ0v) is 15.4. The van der Waals surface area contributed by atoms with E-state index in [1.54, 1.807) is 0 Å². The lowest BCUT2D eigenvalue weighted by Crippen LogP contribution is -2.30. The average molecular weight is 332 g/mol. The highest BCUT2D eigenvalue weighted by Crippen LogP contribution is 2.24. The summed E-state index contributed by atoms with van der Waals surface area (Å²) in [6, 6.07) is 8.21. The van der Waals surface area contributed by atoms with Gasteiger partial charge in [0, 0.05) is 6.42 Å². The summed E-state index contributed by atoms with van der Waals surface area (Å²) in [6.07, 6.45) is 4.02. The standard InChI is InChI=1S/C20H32N2O2/c1-20(2,3)17-5-7-18(8-6-17)24-15-14-22-19(23)9-4-16-10-12-21-13-11-16/h5-8,16,21H,4,9-15H2,1-3H3,(H,22,23). The van der Waals surface area contributed by atoms with Crippen molar-refractivity contribution in [1.29, 1.82) is 0 Å². The van der Waals surface area contributed by atoms with Crippen molar-refractivity contribution in [3.05, 3.63) is 29.8 Å². The Balaban J connectivity index is 1.59. The van der Waals surface area contributed by atoms with Crippen LogP contribution in [0.3, 0.4) is 0 Å². The van der Waals surface area contributed by atoms with Crippen molar-refractivity contribution >= 4 is 5.91 Å². The van der Waals surface area contributed by atoms with Crippen LogP contribution >= 0.6 is 0 Å². The second-order valence-electron chi connectivity index (χ2n) is 7.70. The van der Waals surface area contributed by atoms with Crippen molar-refractivity contribution in [3.8, 4) is 5.75 Å². The fraction of sp³-hybridized carbons (Fsp3) is 0.650. The molecule has 0 spiro atoms. The molecule has 0 unspecified atom stereocenters. The highest BCUT2D eigenvalue weighted by Gasteiger charge is 2.14. The van der Waals surface area contributed by atoms with E-state index in [2.05, 4.69) is 43.5 Å². The number of carbonyl (C=O) groups excluding carboxylic acids is 1. The number of hydrogen-bond acceptors (Lipinski definition) is 3. The highest BCUT2D eigenvalue weighted by atomic mass is 16.5. The van der Waals surface area contributed by atoms with Gasteiger partial charge in [0.05, 0.1) is 6.54 Å². The van der Waals surface area contributed by atoms with Gasteiger partial charge in [-0.05, 0) is 61.4 Å². The van der Waals surface area contributed by atoms with E-state index in [9.17, 15) is 4.79 Å². The van der Waals surface area contributed by atoms with Crippen LogP contribution in [0.25, 0.3) is 0 Å². The molecule has 1 saturated heterocycles. The van der Waals surface area contributed by atoms with Crippen molar-refractivity contribution in [1.82, 2.24) is 10.6 Å². The molecule has 0 bridgehead atoms. The molecule has 0 aliphatic carbocycles. The number of ether oxygens (including phenoxy) is 1. The van der Waals surface area contributed by atoms with Crippen molar-refractivity contribution in [2.45, 2.75) is 51.9 Å². The minimum atomic E-state index is 0.139. The minimum Gasteiger partial charge on any atom is -0.492 e. The average Bonchev–Trinajstić information content (AvgIpc) is 2.57. The number of carbonyl (C=O) groups is 1. The van der Waals surface area contributed by atoms with Gasteiger partial charge in [0.2, 0.25) is 5.91 Å². The summed E-state index contributed by atoms with van der Waals surface area (Å²) in [6.45, 7) is 9.84. The van der Waals surface area contributed by atoms with E-state index in [0.29, 0.717) is 25.5 Å². The zero-order chi connectivity index (χ0) is 17.4. The lowest BCUT2D eigenvalue weighted by atomic mass is 9.87. The molecule has 4 heteroatoms. The summed E-state index contributed by atoms with van der Waals surface area (Å²) in [5, 5.41) is 6.30. The molecule has 0 aromatic heterocycles. The first-order valence-corrected chi connectivity index (χ1v) is 9.16. The van der Waals surface area contributed by atoms with Gasteiger partial charge in [0.25, 0.3) is 0 Å². The first-order valence-electron chi connectivity index (χ1n) is 9.16. The number of nitrogens with one attached hydrogen (secondary N) is 2. The summed E-state index contributed by atoms with van der Waals surface area (Å²) in [7, 11) is 0. The predicted molar refractivity (Wildman–Crippen MR) is 98.5 cm³/mol. The first kappa shape index (κ1) is 18.8. The Labute approximate surface area is 146 Å². The van der Waals surface area contributed by atoms with Crippen LogP contribution in [0, 0.1) is 5.92 Å². The summed E-state index contributed by atoms with van der Waals surface area (Å²) < 4.78 is 5.70. The summed E-state index contributed by atoms with van der Waals surface area (Å²) >= 11 is 0. The summed E-state index contributed by atoms with van der Waals surface area (Å²) in [5.74, 6) is 1.70. The maximum Gasteiger partial charge on any atom is 0.220 e. The number of benzene rings is 1. The van der Waals surface area contributed by atoms with Crippen molar-refractivity contribution < 1.29 is 9.53 Å². The topological polar surface area (TPSA) is 50.4 Å². The van der Waals surface area contributed by atoms with Gasteiger partial charge in [-0.15, -0.1) is 0 Å². The molecule has 0 saturated carbocycles. The lowest BCUT2D eigenvalue weighted by Gasteiger charge is -2.22. The minimum absolute atomic E-state index is 0.139. The summed E-state index contributed by atoms with van der Waals surface area (Å²) in [4.78, 5) is 11.9. The maximum absolute atomic E-state index is 11.9. The van der Waals surface area contributed by atoms with E-state index in [-0.39, 0.29) is 11.3 Å². The third kappa shape index (κ3) is 6.52. The van der Waals surface area contributed by atoms with E-state index in [4.69, 9.17) is 4.74 Å². The zero-order valence-electron chi connectivity index (χ0n) is 15.4. The SMILES string of the molecule is CC(C)(C)c1ccc(OCCNC(=O)CCC2CCNCC2)cc1. The molecule has 24 heavy (non-hydrogen) atoms. The van der Waals surface area contributed by atoms with Crippen molar-refractivity contribution in [3.63, 3.8) is 0 Å². The van der Waals surface area contributed by atoms with Crippen LogP contribution in [0.4, 0.5) is 0 Å². The first-order chi connectivity index (χ1) is 11.4. The Bertz CT molecular complexity index is 499. The highest BCUT2D eigenvalue weighted by molar-refractivity contribution is 5.75. The normalized spacial score (nSPS) is 16.0. The van der Waals surface area contributed by atoms with Gasteiger partial charge >= 0.3 is 0 Å². The molecule has 2 N–H and O–H groups in total. The molecule has 0 radical (unpaired) electrons. The van der Waals surface area contributed by atoms with Gasteiger partial charge in [-0.3, -0.25) is 4.79 Å². The molecule has 1 aromatic carbocycles. The number of hydrogen-bond donors (Lipinski definition) is 2. The Kier molecular flexibility index (Phi) is 7.10. The maximum atomic E-state index is 11.9. The van der Waals surface area contributed by atoms with Crippen LogP contribution < -0.4 is 15.4 Å². The van der Waals surface area contributed by atoms with E-state index in [1.807, 2.05) is 12.1 Å². The van der Waals surface area contributed by atoms with E-state index in [0.717, 1.165) is 25.3 Å². The molecule has 1 fully saturated rings. The smallest absolute Gasteiger partial charge is 0.220 e. The Morgan fingerprint density at radius 1 is 1.21 bits per heavy atom. The molecule has 1 aromatic rings. The Morgan fingerprint density at radius 3 is 2.50 bits per heavy atom. The third-order valence-corrected chi connectivity index (χ3v) is 4.65. The van der Waals surface area contributed by atoms with Gasteiger partial charge in [0.1, 0.15) is 12.4 Å². The van der Waals surface area contributed by atoms with Gasteiger partial charge in [0.15, 0.2) is 0 Å². The van der Waals surface area contributed by atoms with Crippen LogP contribution in [-0.2, 0) is 10.2 Å². The molecule has 2 rings (SSSR count). The second kappa shape index (κ2) is 9.07. The molecule has 1 amide bonds. The molecule has 4 nitrogen and oxygen atoms in total. The number of rotatable bonds is 7. The number of piperidine rings is 1. The van der Waals surface area contributed by atoms with Crippen LogP contribution in [0.15, 0.2) is 24.3 Å². The molecular weight excluding hydrogens is 300 g/mol. The molecule has 0 atom stereocenters. The van der Waals surface area contributed by atoms with Crippen LogP contribution in [0.5, 0.6) is 5.75 Å². The Hall–Kier alpha value is -1.55. The molecular formula is C20H32N2O2. The Morgan fingerprint density at radius 2 is 1.88 bits per heavy atom. The third-order valence-electron chi connectivity index (χ3n) is 4.65. The molecule has 1 heterocycles. The molecule has 1 aliphatic rings. The van der Waals surface area contributed by atoms with Gasteiger partial charge in [-0.1, -0.05) is 32.9 Å². The monoisotopic (exact) mass is 332 g/mol. The van der Waals surface area contributed by atoms with Crippen LogP contribution in [0.1, 0.15) is 52.0 Å². The number of amides is 1. The van der Waals surface area contributed by atoms with Crippen molar-refractivity contribution in [2.75, 3.05) is 26.2 Å². The predicted octanol–water partition coefficient (Wildman–Crippen LogP) is 3.26. The van der Waals surface area contributed by atoms with Gasteiger partial charge in [-0.25, -0.2) is 0 Å². The van der Waals surface area contributed by atoms with Gasteiger partial charge in [-0.2, -0.15) is 0 Å². The fourth-order valence-electron chi connectivity index (χ4n) is 3.00. The quantitative estimate of drug-likeness (QED) is 0.754. The lowest BCUT2D eigenvalue weighted by molar-refractivity contribution is -0.121. The molecule has 134 valence electrons. The fourth-order valence-corrected chi connectivity index (χ4v) is 3.00. The summed E-state index contributed by atoms with van der Waals surface area (Å²) in [5.41, 5.74) is 1.45. The van der Waals surface area contributed by atoms with Gasteiger partial charge < -0.3 is 15.4 Å². The van der Waals surface area contributed by atoms with E-state index in [1.165, 1.54) is 18.4 Å². The second-order valence-corrected chi connectivity index (χ2v) is 7.70. The molecule has 1 aliphatic heterocycles. The van der Waals surface area contributed by atoms with Crippen molar-refractivity contribution in [2.24, 2.45) is 5.92 Å². The van der Waals surface area contributed by atoms with Crippen LogP contribution in [-0.4, -0.2) is 32.1 Å². The largest absolute Gasteiger partial charge is 0.492 e. The van der Waals surface area contributed by atoms with Crippen LogP contribution in [0.2, 0.25) is 0 Å². The van der Waals surface area contributed by atoms with E-state index >= 15 is 0 Å².